The number of amides is 1. The fraction of sp³-hybridized carbons (Fsp3) is 0.267. The van der Waals surface area contributed by atoms with Crippen molar-refractivity contribution < 1.29 is 14.4 Å². The van der Waals surface area contributed by atoms with Crippen LogP contribution < -0.4 is 5.32 Å². The fourth-order valence-electron chi connectivity index (χ4n) is 1.94. The van der Waals surface area contributed by atoms with E-state index >= 15 is 0 Å². The van der Waals surface area contributed by atoms with Crippen LogP contribution in [0, 0.1) is 24.2 Å². The van der Waals surface area contributed by atoms with Crippen molar-refractivity contribution in [2.75, 3.05) is 11.6 Å². The molecule has 0 aliphatic rings. The number of benzene rings is 1. The van der Waals surface area contributed by atoms with Crippen molar-refractivity contribution in [1.82, 2.24) is 5.16 Å². The Labute approximate surface area is 132 Å². The van der Waals surface area contributed by atoms with Gasteiger partial charge in [0.05, 0.1) is 12.3 Å². The Morgan fingerprint density at radius 2 is 2.14 bits per heavy atom. The Morgan fingerprint density at radius 1 is 1.45 bits per heavy atom. The third kappa shape index (κ3) is 3.47. The minimum atomic E-state index is -1.29. The average molecular weight is 317 g/mol. The first-order chi connectivity index (χ1) is 10.6. The van der Waals surface area contributed by atoms with Crippen LogP contribution in [0.25, 0.3) is 0 Å². The van der Waals surface area contributed by atoms with Crippen LogP contribution in [0.3, 0.4) is 0 Å². The van der Waals surface area contributed by atoms with E-state index in [-0.39, 0.29) is 0 Å². The molecule has 1 aromatic heterocycles. The van der Waals surface area contributed by atoms with Crippen molar-refractivity contribution in [2.45, 2.75) is 17.9 Å². The van der Waals surface area contributed by atoms with E-state index in [9.17, 15) is 15.2 Å². The number of nitrogens with zero attached hydrogens (tertiary/aromatic N) is 2. The van der Waals surface area contributed by atoms with Gasteiger partial charge in [0.1, 0.15) is 11.9 Å². The zero-order valence-corrected chi connectivity index (χ0v) is 12.9. The molecule has 2 unspecified atom stereocenters. The van der Waals surface area contributed by atoms with Crippen LogP contribution in [0.4, 0.5) is 5.69 Å². The molecule has 6 nitrogen and oxygen atoms in total. The lowest BCUT2D eigenvalue weighted by molar-refractivity contribution is -0.121. The van der Waals surface area contributed by atoms with Gasteiger partial charge in [0.15, 0.2) is 5.92 Å². The molecule has 2 aromatic rings. The number of thioether (sulfide) groups is 1. The van der Waals surface area contributed by atoms with Crippen LogP contribution in [0.1, 0.15) is 17.4 Å². The van der Waals surface area contributed by atoms with Gasteiger partial charge in [-0.15, -0.1) is 11.8 Å². The second kappa shape index (κ2) is 7.11. The highest BCUT2D eigenvalue weighted by molar-refractivity contribution is 7.98. The summed E-state index contributed by atoms with van der Waals surface area (Å²) < 4.78 is 4.85. The van der Waals surface area contributed by atoms with Gasteiger partial charge in [0, 0.05) is 16.1 Å². The molecular weight excluding hydrogens is 302 g/mol. The van der Waals surface area contributed by atoms with Crippen molar-refractivity contribution in [3.05, 3.63) is 41.8 Å². The van der Waals surface area contributed by atoms with Gasteiger partial charge in [-0.05, 0) is 37.4 Å². The van der Waals surface area contributed by atoms with Gasteiger partial charge >= 0.3 is 0 Å². The van der Waals surface area contributed by atoms with E-state index in [0.29, 0.717) is 17.0 Å². The number of aliphatic hydroxyl groups excluding tert-OH is 1. The smallest absolute Gasteiger partial charge is 0.244 e. The minimum Gasteiger partial charge on any atom is -0.386 e. The predicted octanol–water partition coefficient (Wildman–Crippen LogP) is 2.52. The molecule has 2 N–H and O–H groups in total. The molecule has 1 aromatic carbocycles. The average Bonchev–Trinajstić information content (AvgIpc) is 2.94. The molecule has 1 heterocycles. The number of aromatic nitrogens is 1. The van der Waals surface area contributed by atoms with E-state index in [4.69, 9.17) is 4.52 Å². The quantitative estimate of drug-likeness (QED) is 0.822. The number of aliphatic hydroxyl groups is 1. The van der Waals surface area contributed by atoms with Crippen molar-refractivity contribution in [2.24, 2.45) is 5.92 Å². The van der Waals surface area contributed by atoms with Crippen LogP contribution in [-0.2, 0) is 4.79 Å². The molecule has 0 fully saturated rings. The number of hydrogen-bond acceptors (Lipinski definition) is 6. The highest BCUT2D eigenvalue weighted by atomic mass is 32.2. The summed E-state index contributed by atoms with van der Waals surface area (Å²) in [6.07, 6.45) is 1.98. The maximum atomic E-state index is 12.2. The van der Waals surface area contributed by atoms with E-state index in [2.05, 4.69) is 10.5 Å². The molecule has 114 valence electrons. The summed E-state index contributed by atoms with van der Waals surface area (Å²) in [4.78, 5) is 13.3. The first kappa shape index (κ1) is 16.1. The lowest BCUT2D eigenvalue weighted by Crippen LogP contribution is -2.27. The standard InChI is InChI=1S/C15H15N3O3S/c1-9-13(8-17-21-9)14(19)12(7-16)15(20)18-10-3-5-11(22-2)6-4-10/h3-6,8,12,14,19H,1-2H3,(H,18,20). The molecule has 0 aliphatic heterocycles. The summed E-state index contributed by atoms with van der Waals surface area (Å²) in [6, 6.07) is 9.04. The second-order valence-corrected chi connectivity index (χ2v) is 5.49. The highest BCUT2D eigenvalue weighted by Gasteiger charge is 2.30. The van der Waals surface area contributed by atoms with Gasteiger partial charge in [0.25, 0.3) is 0 Å². The number of anilines is 1. The van der Waals surface area contributed by atoms with Gasteiger partial charge in [-0.25, -0.2) is 0 Å². The summed E-state index contributed by atoms with van der Waals surface area (Å²) in [5.41, 5.74) is 0.900. The van der Waals surface area contributed by atoms with Crippen LogP contribution in [-0.4, -0.2) is 22.4 Å². The number of rotatable bonds is 5. The highest BCUT2D eigenvalue weighted by Crippen LogP contribution is 2.26. The maximum Gasteiger partial charge on any atom is 0.244 e. The minimum absolute atomic E-state index is 0.333. The summed E-state index contributed by atoms with van der Waals surface area (Å²) in [5.74, 6) is -1.45. The molecule has 2 atom stereocenters. The molecule has 0 bridgehead atoms. The molecule has 2 rings (SSSR count). The molecule has 0 spiro atoms. The largest absolute Gasteiger partial charge is 0.386 e. The number of carbonyl (C=O) groups excluding carboxylic acids is 1. The first-order valence-corrected chi connectivity index (χ1v) is 7.73. The molecule has 0 saturated carbocycles. The monoisotopic (exact) mass is 317 g/mol. The van der Waals surface area contributed by atoms with Gasteiger partial charge in [-0.2, -0.15) is 5.26 Å². The molecular formula is C15H15N3O3S. The van der Waals surface area contributed by atoms with Gasteiger partial charge in [0.2, 0.25) is 5.91 Å². The van der Waals surface area contributed by atoms with E-state index in [0.717, 1.165) is 4.90 Å². The number of nitriles is 1. The Bertz CT molecular complexity index is 691. The van der Waals surface area contributed by atoms with Gasteiger partial charge in [-0.3, -0.25) is 4.79 Å². The van der Waals surface area contributed by atoms with Gasteiger partial charge < -0.3 is 14.9 Å². The van der Waals surface area contributed by atoms with Crippen molar-refractivity contribution in [1.29, 1.82) is 5.26 Å². The number of carbonyl (C=O) groups is 1. The van der Waals surface area contributed by atoms with Crippen LogP contribution in [0.5, 0.6) is 0 Å². The fourth-order valence-corrected chi connectivity index (χ4v) is 2.35. The lowest BCUT2D eigenvalue weighted by Gasteiger charge is -2.15. The summed E-state index contributed by atoms with van der Waals surface area (Å²) >= 11 is 1.59. The van der Waals surface area contributed by atoms with Crippen molar-refractivity contribution in [3.8, 4) is 6.07 Å². The summed E-state index contributed by atoms with van der Waals surface area (Å²) in [7, 11) is 0. The normalized spacial score (nSPS) is 13.2. The third-order valence-corrected chi connectivity index (χ3v) is 3.95. The summed E-state index contributed by atoms with van der Waals surface area (Å²) in [6.45, 7) is 1.61. The zero-order chi connectivity index (χ0) is 16.1. The van der Waals surface area contributed by atoms with Crippen LogP contribution in [0.15, 0.2) is 39.9 Å². The second-order valence-electron chi connectivity index (χ2n) is 4.61. The Hall–Kier alpha value is -2.30. The SMILES string of the molecule is CSc1ccc(NC(=O)C(C#N)C(O)c2cnoc2C)cc1. The maximum absolute atomic E-state index is 12.2. The van der Waals surface area contributed by atoms with E-state index in [1.54, 1.807) is 30.8 Å². The summed E-state index contributed by atoms with van der Waals surface area (Å²) in [5, 5.41) is 25.6. The van der Waals surface area contributed by atoms with Crippen molar-refractivity contribution in [3.63, 3.8) is 0 Å². The number of hydrogen-bond donors (Lipinski definition) is 2. The lowest BCUT2D eigenvalue weighted by atomic mass is 9.97. The van der Waals surface area contributed by atoms with E-state index in [1.807, 2.05) is 24.5 Å². The zero-order valence-electron chi connectivity index (χ0n) is 12.1. The Morgan fingerprint density at radius 3 is 2.64 bits per heavy atom. The van der Waals surface area contributed by atoms with E-state index in [1.165, 1.54) is 6.20 Å². The predicted molar refractivity (Wildman–Crippen MR) is 82.2 cm³/mol. The van der Waals surface area contributed by atoms with Crippen LogP contribution >= 0.6 is 11.8 Å². The molecule has 7 heteroatoms. The molecule has 0 aliphatic carbocycles. The molecule has 1 amide bonds. The molecule has 22 heavy (non-hydrogen) atoms. The molecule has 0 radical (unpaired) electrons. The van der Waals surface area contributed by atoms with Crippen LogP contribution in [0.2, 0.25) is 0 Å². The van der Waals surface area contributed by atoms with E-state index < -0.39 is 17.9 Å². The number of nitrogens with one attached hydrogen (secondary N) is 1. The van der Waals surface area contributed by atoms with Crippen molar-refractivity contribution >= 4 is 23.4 Å². The van der Waals surface area contributed by atoms with Gasteiger partial charge in [-0.1, -0.05) is 5.16 Å². The third-order valence-electron chi connectivity index (χ3n) is 3.20. The Balaban J connectivity index is 2.12. The molecule has 0 saturated heterocycles. The first-order valence-electron chi connectivity index (χ1n) is 6.50. The topological polar surface area (TPSA) is 99.2 Å². The number of aryl methyl sites for hydroxylation is 1. The Kier molecular flexibility index (Phi) is 5.20.